The summed E-state index contributed by atoms with van der Waals surface area (Å²) in [6.07, 6.45) is 0. The van der Waals surface area contributed by atoms with Crippen LogP contribution in [0.3, 0.4) is 0 Å². The number of halogens is 1. The lowest BCUT2D eigenvalue weighted by molar-refractivity contribution is -0.132. The maximum absolute atomic E-state index is 13.8. The number of anilines is 1. The number of aromatic nitrogens is 2. The zero-order valence-electron chi connectivity index (χ0n) is 19.6. The third kappa shape index (κ3) is 3.70. The van der Waals surface area contributed by atoms with E-state index in [2.05, 4.69) is 15.9 Å². The Balaban J connectivity index is 1.78. The summed E-state index contributed by atoms with van der Waals surface area (Å²) in [5, 5.41) is 11.2. The van der Waals surface area contributed by atoms with E-state index >= 15 is 0 Å². The highest BCUT2D eigenvalue weighted by atomic mass is 79.9. The lowest BCUT2D eigenvalue weighted by Gasteiger charge is -2.24. The minimum atomic E-state index is -0.990. The largest absolute Gasteiger partial charge is 0.507 e. The van der Waals surface area contributed by atoms with Gasteiger partial charge < -0.3 is 5.11 Å². The maximum atomic E-state index is 13.8. The second-order valence-corrected chi connectivity index (χ2v) is 9.41. The van der Waals surface area contributed by atoms with Crippen LogP contribution in [-0.2, 0) is 16.6 Å². The van der Waals surface area contributed by atoms with E-state index in [1.54, 1.807) is 85.4 Å². The molecule has 1 amide bonds. The molecule has 0 radical (unpaired) electrons. The summed E-state index contributed by atoms with van der Waals surface area (Å²) >= 11 is 3.41. The molecule has 8 heteroatoms. The van der Waals surface area contributed by atoms with Gasteiger partial charge in [0.25, 0.3) is 17.2 Å². The Morgan fingerprint density at radius 1 is 0.861 bits per heavy atom. The van der Waals surface area contributed by atoms with Gasteiger partial charge in [-0.2, -0.15) is 0 Å². The molecule has 7 nitrogen and oxygen atoms in total. The Morgan fingerprint density at radius 3 is 2.06 bits per heavy atom. The predicted octanol–water partition coefficient (Wildman–Crippen LogP) is 4.87. The zero-order valence-corrected chi connectivity index (χ0v) is 21.1. The molecule has 0 saturated carbocycles. The number of ketones is 1. The van der Waals surface area contributed by atoms with Crippen molar-refractivity contribution < 1.29 is 14.7 Å². The summed E-state index contributed by atoms with van der Waals surface area (Å²) in [6.45, 7) is 1.73. The van der Waals surface area contributed by atoms with Gasteiger partial charge in [-0.25, -0.2) is 4.68 Å². The molecule has 4 aromatic rings. The molecule has 5 rings (SSSR count). The summed E-state index contributed by atoms with van der Waals surface area (Å²) < 4.78 is 3.93. The number of hydrogen-bond acceptors (Lipinski definition) is 4. The summed E-state index contributed by atoms with van der Waals surface area (Å²) in [5.74, 6) is -2.01. The van der Waals surface area contributed by atoms with Gasteiger partial charge in [0.2, 0.25) is 0 Å². The molecule has 1 atom stereocenters. The second-order valence-electron chi connectivity index (χ2n) is 8.50. The molecule has 1 aliphatic heterocycles. The van der Waals surface area contributed by atoms with Crippen LogP contribution in [0, 0.1) is 6.92 Å². The van der Waals surface area contributed by atoms with E-state index in [1.807, 2.05) is 18.2 Å². The SMILES string of the molecule is Cc1c(N2C(=O)C(=O)/C(=C(\O)c3ccccc3)C2c2ccc(Br)cc2)c(=O)n(-c2ccccc2)n1C. The topological polar surface area (TPSA) is 84.5 Å². The molecule has 1 aromatic heterocycles. The van der Waals surface area contributed by atoms with Crippen LogP contribution in [0.15, 0.2) is 99.8 Å². The number of carbonyl (C=O) groups excluding carboxylic acids is 2. The molecule has 0 bridgehead atoms. The summed E-state index contributed by atoms with van der Waals surface area (Å²) in [6, 6.07) is 23.8. The average molecular weight is 544 g/mol. The van der Waals surface area contributed by atoms with Gasteiger partial charge in [0.15, 0.2) is 0 Å². The predicted molar refractivity (Wildman–Crippen MR) is 141 cm³/mol. The number of carbonyl (C=O) groups is 2. The molecular weight excluding hydrogens is 522 g/mol. The monoisotopic (exact) mass is 543 g/mol. The fourth-order valence-electron chi connectivity index (χ4n) is 4.61. The van der Waals surface area contributed by atoms with E-state index in [9.17, 15) is 19.5 Å². The van der Waals surface area contributed by atoms with Crippen molar-refractivity contribution in [1.82, 2.24) is 9.36 Å². The smallest absolute Gasteiger partial charge is 0.300 e. The van der Waals surface area contributed by atoms with Gasteiger partial charge in [-0.1, -0.05) is 76.6 Å². The molecule has 1 unspecified atom stereocenters. The van der Waals surface area contributed by atoms with Crippen LogP contribution in [0.4, 0.5) is 5.69 Å². The van der Waals surface area contributed by atoms with E-state index in [1.165, 1.54) is 9.58 Å². The van der Waals surface area contributed by atoms with Crippen LogP contribution in [0.1, 0.15) is 22.9 Å². The molecule has 0 spiro atoms. The molecule has 36 heavy (non-hydrogen) atoms. The first kappa shape index (κ1) is 23.6. The van der Waals surface area contributed by atoms with Crippen molar-refractivity contribution in [3.05, 3.63) is 122 Å². The van der Waals surface area contributed by atoms with E-state index in [-0.39, 0.29) is 17.0 Å². The third-order valence-electron chi connectivity index (χ3n) is 6.44. The van der Waals surface area contributed by atoms with Gasteiger partial charge in [0.1, 0.15) is 11.4 Å². The highest BCUT2D eigenvalue weighted by Gasteiger charge is 2.49. The Bertz CT molecular complexity index is 1570. The number of benzene rings is 3. The van der Waals surface area contributed by atoms with Gasteiger partial charge in [0.05, 0.1) is 23.0 Å². The Morgan fingerprint density at radius 2 is 1.44 bits per heavy atom. The van der Waals surface area contributed by atoms with Crippen LogP contribution in [0.25, 0.3) is 11.4 Å². The highest BCUT2D eigenvalue weighted by Crippen LogP contribution is 2.42. The average Bonchev–Trinajstić information content (AvgIpc) is 3.28. The molecule has 180 valence electrons. The third-order valence-corrected chi connectivity index (χ3v) is 6.97. The fraction of sp³-hybridized carbons (Fsp3) is 0.107. The first-order valence-electron chi connectivity index (χ1n) is 11.3. The van der Waals surface area contributed by atoms with Crippen molar-refractivity contribution in [1.29, 1.82) is 0 Å². The molecule has 1 aliphatic rings. The number of aliphatic hydroxyl groups excluding tert-OH is 1. The molecule has 2 heterocycles. The first-order chi connectivity index (χ1) is 17.3. The standard InChI is InChI=1S/C28H22BrN3O4/c1-17-23(27(35)32(30(17)2)21-11-7-4-8-12-21)31-24(18-13-15-20(29)16-14-18)22(26(34)28(31)36)25(33)19-9-5-3-6-10-19/h3-16,24,33H,1-2H3/b25-22-. The van der Waals surface area contributed by atoms with Gasteiger partial charge >= 0.3 is 0 Å². The molecule has 1 N–H and O–H groups in total. The zero-order chi connectivity index (χ0) is 25.6. The van der Waals surface area contributed by atoms with Gasteiger partial charge in [-0.15, -0.1) is 0 Å². The van der Waals surface area contributed by atoms with Crippen molar-refractivity contribution in [3.8, 4) is 5.69 Å². The number of nitrogens with zero attached hydrogens (tertiary/aromatic N) is 3. The normalized spacial score (nSPS) is 17.1. The van der Waals surface area contributed by atoms with Crippen LogP contribution in [0.2, 0.25) is 0 Å². The van der Waals surface area contributed by atoms with Crippen molar-refractivity contribution in [2.75, 3.05) is 4.90 Å². The van der Waals surface area contributed by atoms with E-state index in [4.69, 9.17) is 0 Å². The Hall–Kier alpha value is -4.17. The summed E-state index contributed by atoms with van der Waals surface area (Å²) in [5.41, 5.74) is 1.71. The molecule has 0 aliphatic carbocycles. The van der Waals surface area contributed by atoms with Crippen LogP contribution < -0.4 is 10.5 Å². The van der Waals surface area contributed by atoms with Crippen molar-refractivity contribution in [3.63, 3.8) is 0 Å². The Kier molecular flexibility index (Phi) is 5.97. The lowest BCUT2D eigenvalue weighted by Crippen LogP contribution is -2.34. The molecular formula is C28H22BrN3O4. The highest BCUT2D eigenvalue weighted by molar-refractivity contribution is 9.10. The summed E-state index contributed by atoms with van der Waals surface area (Å²) in [7, 11) is 1.72. The van der Waals surface area contributed by atoms with Crippen molar-refractivity contribution >= 4 is 39.1 Å². The number of aliphatic hydroxyl groups is 1. The summed E-state index contributed by atoms with van der Waals surface area (Å²) in [4.78, 5) is 41.9. The van der Waals surface area contributed by atoms with E-state index < -0.39 is 23.3 Å². The fourth-order valence-corrected chi connectivity index (χ4v) is 4.87. The number of Topliss-reactive ketones (excluding diaryl/α,β-unsaturated/α-hetero) is 1. The van der Waals surface area contributed by atoms with E-state index in [0.29, 0.717) is 22.5 Å². The van der Waals surface area contributed by atoms with Gasteiger partial charge in [0, 0.05) is 17.1 Å². The second kappa shape index (κ2) is 9.13. The van der Waals surface area contributed by atoms with Gasteiger partial charge in [-0.3, -0.25) is 24.0 Å². The van der Waals surface area contributed by atoms with Crippen LogP contribution in [0.5, 0.6) is 0 Å². The minimum absolute atomic E-state index is 0.0672. The quantitative estimate of drug-likeness (QED) is 0.226. The molecule has 1 saturated heterocycles. The maximum Gasteiger partial charge on any atom is 0.300 e. The number of amides is 1. The molecule has 3 aromatic carbocycles. The van der Waals surface area contributed by atoms with Crippen molar-refractivity contribution in [2.24, 2.45) is 7.05 Å². The van der Waals surface area contributed by atoms with Crippen LogP contribution >= 0.6 is 15.9 Å². The lowest BCUT2D eigenvalue weighted by atomic mass is 9.95. The molecule has 1 fully saturated rings. The van der Waals surface area contributed by atoms with Crippen LogP contribution in [-0.4, -0.2) is 26.2 Å². The number of rotatable bonds is 4. The minimum Gasteiger partial charge on any atom is -0.507 e. The van der Waals surface area contributed by atoms with E-state index in [0.717, 1.165) is 4.47 Å². The van der Waals surface area contributed by atoms with Crippen molar-refractivity contribution in [2.45, 2.75) is 13.0 Å². The van der Waals surface area contributed by atoms with Gasteiger partial charge in [-0.05, 0) is 36.8 Å². The number of para-hydroxylation sites is 1. The Labute approximate surface area is 215 Å². The first-order valence-corrected chi connectivity index (χ1v) is 12.1. The number of hydrogen-bond donors (Lipinski definition) is 1.